The molecule has 18 heavy (non-hydrogen) atoms. The summed E-state index contributed by atoms with van der Waals surface area (Å²) in [5.41, 5.74) is 1.05. The zero-order valence-corrected chi connectivity index (χ0v) is 11.5. The maximum atomic E-state index is 11.6. The summed E-state index contributed by atoms with van der Waals surface area (Å²) in [7, 11) is 0. The van der Waals surface area contributed by atoms with Gasteiger partial charge in [-0.05, 0) is 39.0 Å². The van der Waals surface area contributed by atoms with Gasteiger partial charge in [0, 0.05) is 5.92 Å². The lowest BCUT2D eigenvalue weighted by Gasteiger charge is -2.34. The highest BCUT2D eigenvalue weighted by molar-refractivity contribution is 5.60. The molecule has 0 aromatic rings. The molecular weight excluding hydrogens is 232 g/mol. The van der Waals surface area contributed by atoms with Crippen molar-refractivity contribution < 1.29 is 19.4 Å². The molecule has 0 spiro atoms. The van der Waals surface area contributed by atoms with E-state index in [0.717, 1.165) is 24.8 Å². The van der Waals surface area contributed by atoms with E-state index in [1.165, 1.54) is 0 Å². The Balaban J connectivity index is 2.55. The van der Waals surface area contributed by atoms with Crippen molar-refractivity contribution in [3.8, 4) is 0 Å². The van der Waals surface area contributed by atoms with Crippen molar-refractivity contribution in [1.82, 2.24) is 0 Å². The first-order valence-electron chi connectivity index (χ1n) is 6.57. The van der Waals surface area contributed by atoms with Crippen LogP contribution in [0.1, 0.15) is 40.0 Å². The Morgan fingerprint density at radius 1 is 1.50 bits per heavy atom. The molecule has 1 rings (SSSR count). The molecule has 0 aromatic heterocycles. The number of aliphatic hydroxyl groups excluding tert-OH is 1. The number of carbonyl (C=O) groups excluding carboxylic acids is 1. The fourth-order valence-corrected chi connectivity index (χ4v) is 2.38. The molecular formula is C14H24O4. The minimum atomic E-state index is -0.693. The van der Waals surface area contributed by atoms with Crippen LogP contribution in [0.5, 0.6) is 0 Å². The van der Waals surface area contributed by atoms with Gasteiger partial charge in [-0.3, -0.25) is 0 Å². The molecule has 0 radical (unpaired) electrons. The zero-order chi connectivity index (χ0) is 13.7. The summed E-state index contributed by atoms with van der Waals surface area (Å²) in [4.78, 5) is 11.6. The van der Waals surface area contributed by atoms with Gasteiger partial charge in [-0.2, -0.15) is 0 Å². The summed E-state index contributed by atoms with van der Waals surface area (Å²) in [6.07, 6.45) is 1.62. The van der Waals surface area contributed by atoms with Gasteiger partial charge < -0.3 is 14.6 Å². The molecule has 4 heteroatoms. The highest BCUT2D eigenvalue weighted by Crippen LogP contribution is 2.34. The van der Waals surface area contributed by atoms with Gasteiger partial charge in [-0.25, -0.2) is 4.79 Å². The van der Waals surface area contributed by atoms with E-state index in [4.69, 9.17) is 14.6 Å². The first-order chi connectivity index (χ1) is 8.43. The van der Waals surface area contributed by atoms with E-state index in [1.54, 1.807) is 6.92 Å². The van der Waals surface area contributed by atoms with Gasteiger partial charge >= 0.3 is 6.16 Å². The van der Waals surface area contributed by atoms with Crippen LogP contribution in [0.25, 0.3) is 0 Å². The van der Waals surface area contributed by atoms with Crippen LogP contribution in [0.3, 0.4) is 0 Å². The largest absolute Gasteiger partial charge is 0.508 e. The van der Waals surface area contributed by atoms with Crippen molar-refractivity contribution in [2.24, 2.45) is 11.8 Å². The minimum Gasteiger partial charge on any atom is -0.430 e. The van der Waals surface area contributed by atoms with E-state index in [2.05, 4.69) is 13.5 Å². The number of hydrogen-bond acceptors (Lipinski definition) is 4. The smallest absolute Gasteiger partial charge is 0.430 e. The molecule has 1 saturated carbocycles. The van der Waals surface area contributed by atoms with Crippen LogP contribution in [0.15, 0.2) is 12.2 Å². The van der Waals surface area contributed by atoms with Gasteiger partial charge in [0.1, 0.15) is 12.2 Å². The summed E-state index contributed by atoms with van der Waals surface area (Å²) < 4.78 is 10.3. The van der Waals surface area contributed by atoms with E-state index in [1.807, 2.05) is 6.92 Å². The summed E-state index contributed by atoms with van der Waals surface area (Å²) in [6.45, 7) is 9.53. The third-order valence-electron chi connectivity index (χ3n) is 3.49. The molecule has 0 amide bonds. The van der Waals surface area contributed by atoms with Gasteiger partial charge in [-0.15, -0.1) is 0 Å². The van der Waals surface area contributed by atoms with E-state index in [-0.39, 0.29) is 18.6 Å². The Bertz CT molecular complexity index is 300. The second-order valence-corrected chi connectivity index (χ2v) is 5.39. The predicted octanol–water partition coefficient (Wildman–Crippen LogP) is 2.90. The van der Waals surface area contributed by atoms with Gasteiger partial charge in [0.25, 0.3) is 0 Å². The number of carbonyl (C=O) groups is 1. The Morgan fingerprint density at radius 3 is 2.72 bits per heavy atom. The van der Waals surface area contributed by atoms with Gasteiger partial charge in [-0.1, -0.05) is 19.1 Å². The van der Waals surface area contributed by atoms with Gasteiger partial charge in [0.05, 0.1) is 6.61 Å². The van der Waals surface area contributed by atoms with Crippen LogP contribution >= 0.6 is 0 Å². The Labute approximate surface area is 109 Å². The normalized spacial score (nSPS) is 29.4. The van der Waals surface area contributed by atoms with Gasteiger partial charge in [0.2, 0.25) is 0 Å². The van der Waals surface area contributed by atoms with Crippen LogP contribution in [0, 0.1) is 11.8 Å². The fraction of sp³-hybridized carbons (Fsp3) is 0.786. The molecule has 0 bridgehead atoms. The molecule has 4 unspecified atom stereocenters. The fourth-order valence-electron chi connectivity index (χ4n) is 2.38. The summed E-state index contributed by atoms with van der Waals surface area (Å²) >= 11 is 0. The standard InChI is InChI=1S/C14H24O4/c1-9(2)12-6-5-10(3)7-13(12)18-14(16)17-11(4)8-15/h10-13,15H,1,5-8H2,2-4H3. The third-order valence-corrected chi connectivity index (χ3v) is 3.49. The molecule has 4 atom stereocenters. The van der Waals surface area contributed by atoms with Gasteiger partial charge in [0.15, 0.2) is 0 Å². The number of hydrogen-bond donors (Lipinski definition) is 1. The van der Waals surface area contributed by atoms with Crippen molar-refractivity contribution in [2.75, 3.05) is 6.61 Å². The molecule has 0 aromatic carbocycles. The average molecular weight is 256 g/mol. The monoisotopic (exact) mass is 256 g/mol. The minimum absolute atomic E-state index is 0.148. The van der Waals surface area contributed by atoms with Crippen LogP contribution in [0.2, 0.25) is 0 Å². The second kappa shape index (κ2) is 6.78. The van der Waals surface area contributed by atoms with E-state index < -0.39 is 12.3 Å². The average Bonchev–Trinajstić information content (AvgIpc) is 2.28. The molecule has 1 aliphatic rings. The number of ether oxygens (including phenoxy) is 2. The number of rotatable bonds is 4. The molecule has 1 aliphatic carbocycles. The molecule has 0 saturated heterocycles. The summed E-state index contributed by atoms with van der Waals surface area (Å²) in [5.74, 6) is 0.770. The SMILES string of the molecule is C=C(C)C1CCC(C)CC1OC(=O)OC(C)CO. The van der Waals surface area contributed by atoms with Crippen molar-refractivity contribution in [1.29, 1.82) is 0 Å². The van der Waals surface area contributed by atoms with Crippen molar-refractivity contribution in [2.45, 2.75) is 52.2 Å². The van der Waals surface area contributed by atoms with Crippen molar-refractivity contribution in [3.05, 3.63) is 12.2 Å². The quantitative estimate of drug-likeness (QED) is 0.620. The summed E-state index contributed by atoms with van der Waals surface area (Å²) in [6, 6.07) is 0. The van der Waals surface area contributed by atoms with E-state index in [9.17, 15) is 4.79 Å². The topological polar surface area (TPSA) is 55.8 Å². The lowest BCUT2D eigenvalue weighted by Crippen LogP contribution is -2.34. The lowest BCUT2D eigenvalue weighted by atomic mass is 9.78. The molecule has 0 heterocycles. The lowest BCUT2D eigenvalue weighted by molar-refractivity contribution is -0.0359. The van der Waals surface area contributed by atoms with Crippen LogP contribution in [-0.2, 0) is 9.47 Å². The van der Waals surface area contributed by atoms with Crippen LogP contribution < -0.4 is 0 Å². The molecule has 1 N–H and O–H groups in total. The highest BCUT2D eigenvalue weighted by atomic mass is 16.7. The third kappa shape index (κ3) is 4.33. The Kier molecular flexibility index (Phi) is 5.66. The summed E-state index contributed by atoms with van der Waals surface area (Å²) in [5, 5.41) is 8.82. The zero-order valence-electron chi connectivity index (χ0n) is 11.5. The second-order valence-electron chi connectivity index (χ2n) is 5.39. The van der Waals surface area contributed by atoms with E-state index >= 15 is 0 Å². The Hall–Kier alpha value is -1.03. The Morgan fingerprint density at radius 2 is 2.17 bits per heavy atom. The van der Waals surface area contributed by atoms with E-state index in [0.29, 0.717) is 5.92 Å². The molecule has 4 nitrogen and oxygen atoms in total. The predicted molar refractivity (Wildman–Crippen MR) is 69.2 cm³/mol. The molecule has 1 fully saturated rings. The van der Waals surface area contributed by atoms with Crippen molar-refractivity contribution >= 4 is 6.16 Å². The molecule has 104 valence electrons. The molecule has 0 aliphatic heterocycles. The first kappa shape index (κ1) is 15.0. The van der Waals surface area contributed by atoms with Crippen LogP contribution in [0.4, 0.5) is 4.79 Å². The van der Waals surface area contributed by atoms with Crippen LogP contribution in [-0.4, -0.2) is 30.1 Å². The first-order valence-corrected chi connectivity index (χ1v) is 6.57. The maximum absolute atomic E-state index is 11.6. The van der Waals surface area contributed by atoms with Crippen molar-refractivity contribution in [3.63, 3.8) is 0 Å². The number of aliphatic hydroxyl groups is 1. The maximum Gasteiger partial charge on any atom is 0.508 e. The highest BCUT2D eigenvalue weighted by Gasteiger charge is 2.32.